The van der Waals surface area contributed by atoms with Gasteiger partial charge in [-0.3, -0.25) is 0 Å². The summed E-state index contributed by atoms with van der Waals surface area (Å²) >= 11 is 1.70. The molecule has 1 unspecified atom stereocenters. The first-order valence-electron chi connectivity index (χ1n) is 6.85. The van der Waals surface area contributed by atoms with Crippen molar-refractivity contribution in [1.82, 2.24) is 10.3 Å². The maximum absolute atomic E-state index is 11.4. The number of nitrogens with one attached hydrogen (secondary N) is 1. The first-order valence-corrected chi connectivity index (χ1v) is 9.49. The molecule has 0 amide bonds. The van der Waals surface area contributed by atoms with Crippen molar-refractivity contribution in [3.05, 3.63) is 29.3 Å². The Labute approximate surface area is 123 Å². The Bertz CT molecular complexity index is 662. The van der Waals surface area contributed by atoms with E-state index < -0.39 is 9.84 Å². The number of para-hydroxylation sites is 1. The van der Waals surface area contributed by atoms with Gasteiger partial charge in [0.2, 0.25) is 0 Å². The Hall–Kier alpha value is -0.980. The third-order valence-electron chi connectivity index (χ3n) is 3.72. The van der Waals surface area contributed by atoms with Gasteiger partial charge < -0.3 is 5.32 Å². The Balaban J connectivity index is 1.68. The molecule has 2 aromatic rings. The first-order chi connectivity index (χ1) is 9.53. The van der Waals surface area contributed by atoms with Crippen LogP contribution in [0.5, 0.6) is 0 Å². The fourth-order valence-corrected chi connectivity index (χ4v) is 5.03. The molecular weight excluding hydrogens is 292 g/mol. The molecular formula is C14H18N2O2S2. The molecule has 2 heterocycles. The van der Waals surface area contributed by atoms with Crippen LogP contribution in [0, 0.1) is 0 Å². The molecule has 0 aliphatic carbocycles. The lowest BCUT2D eigenvalue weighted by atomic mass is 10.1. The van der Waals surface area contributed by atoms with Gasteiger partial charge in [-0.05, 0) is 31.9 Å². The summed E-state index contributed by atoms with van der Waals surface area (Å²) in [4.78, 5) is 4.64. The number of nitrogens with zero attached hydrogens (tertiary/aromatic N) is 1. The number of benzene rings is 1. The fraction of sp³-hybridized carbons (Fsp3) is 0.500. The SMILES string of the molecule is CC(NC1CCS(=O)(=O)CC1)c1nc2ccccc2s1. The number of fused-ring (bicyclic) bond motifs is 1. The Kier molecular flexibility index (Phi) is 3.79. The molecule has 4 nitrogen and oxygen atoms in total. The van der Waals surface area contributed by atoms with Gasteiger partial charge in [-0.2, -0.15) is 0 Å². The smallest absolute Gasteiger partial charge is 0.150 e. The van der Waals surface area contributed by atoms with Crippen LogP contribution in [0.25, 0.3) is 10.2 Å². The van der Waals surface area contributed by atoms with E-state index in [0.29, 0.717) is 24.3 Å². The van der Waals surface area contributed by atoms with Crippen molar-refractivity contribution in [1.29, 1.82) is 0 Å². The topological polar surface area (TPSA) is 59.1 Å². The summed E-state index contributed by atoms with van der Waals surface area (Å²) < 4.78 is 24.1. The van der Waals surface area contributed by atoms with E-state index in [-0.39, 0.29) is 12.1 Å². The minimum Gasteiger partial charge on any atom is -0.305 e. The molecule has 0 saturated carbocycles. The predicted molar refractivity (Wildman–Crippen MR) is 82.8 cm³/mol. The molecule has 1 aromatic carbocycles. The maximum atomic E-state index is 11.4. The summed E-state index contributed by atoms with van der Waals surface area (Å²) in [5.74, 6) is 0.606. The highest BCUT2D eigenvalue weighted by Gasteiger charge is 2.25. The third-order valence-corrected chi connectivity index (χ3v) is 6.66. The van der Waals surface area contributed by atoms with Crippen molar-refractivity contribution >= 4 is 31.4 Å². The van der Waals surface area contributed by atoms with E-state index in [1.54, 1.807) is 11.3 Å². The number of aromatic nitrogens is 1. The molecule has 0 bridgehead atoms. The van der Waals surface area contributed by atoms with E-state index in [9.17, 15) is 8.42 Å². The van der Waals surface area contributed by atoms with Gasteiger partial charge in [-0.1, -0.05) is 12.1 Å². The summed E-state index contributed by atoms with van der Waals surface area (Å²) in [6, 6.07) is 8.56. The van der Waals surface area contributed by atoms with E-state index in [1.165, 1.54) is 4.70 Å². The number of hydrogen-bond acceptors (Lipinski definition) is 5. The summed E-state index contributed by atoms with van der Waals surface area (Å²) in [6.07, 6.45) is 1.41. The van der Waals surface area contributed by atoms with Gasteiger partial charge in [-0.25, -0.2) is 13.4 Å². The highest BCUT2D eigenvalue weighted by atomic mass is 32.2. The highest BCUT2D eigenvalue weighted by molar-refractivity contribution is 7.91. The van der Waals surface area contributed by atoms with Gasteiger partial charge in [0.1, 0.15) is 14.8 Å². The maximum Gasteiger partial charge on any atom is 0.150 e. The van der Waals surface area contributed by atoms with Gasteiger partial charge in [0.15, 0.2) is 0 Å². The van der Waals surface area contributed by atoms with Gasteiger partial charge in [0.05, 0.1) is 27.8 Å². The fourth-order valence-electron chi connectivity index (χ4n) is 2.56. The van der Waals surface area contributed by atoms with Crippen LogP contribution >= 0.6 is 11.3 Å². The van der Waals surface area contributed by atoms with Crippen LogP contribution in [0.3, 0.4) is 0 Å². The first kappa shape index (κ1) is 14.0. The average Bonchev–Trinajstić information content (AvgIpc) is 2.85. The molecule has 1 N–H and O–H groups in total. The van der Waals surface area contributed by atoms with Crippen LogP contribution in [-0.2, 0) is 9.84 Å². The van der Waals surface area contributed by atoms with E-state index >= 15 is 0 Å². The normalized spacial score (nSPS) is 21.1. The van der Waals surface area contributed by atoms with E-state index in [0.717, 1.165) is 10.5 Å². The molecule has 1 saturated heterocycles. The minimum atomic E-state index is -2.79. The molecule has 1 aliphatic heterocycles. The largest absolute Gasteiger partial charge is 0.305 e. The second kappa shape index (κ2) is 5.42. The zero-order valence-electron chi connectivity index (χ0n) is 11.4. The minimum absolute atomic E-state index is 0.165. The lowest BCUT2D eigenvalue weighted by molar-refractivity contribution is 0.419. The van der Waals surface area contributed by atoms with Crippen molar-refractivity contribution in [3.63, 3.8) is 0 Å². The molecule has 1 aliphatic rings. The van der Waals surface area contributed by atoms with Crippen molar-refractivity contribution in [2.45, 2.75) is 31.8 Å². The molecule has 0 radical (unpaired) electrons. The van der Waals surface area contributed by atoms with Crippen LogP contribution in [0.2, 0.25) is 0 Å². The van der Waals surface area contributed by atoms with Gasteiger partial charge >= 0.3 is 0 Å². The number of rotatable bonds is 3. The molecule has 20 heavy (non-hydrogen) atoms. The van der Waals surface area contributed by atoms with Crippen molar-refractivity contribution in [3.8, 4) is 0 Å². The van der Waals surface area contributed by atoms with Gasteiger partial charge in [0, 0.05) is 6.04 Å². The van der Waals surface area contributed by atoms with Crippen LogP contribution in [0.1, 0.15) is 30.8 Å². The van der Waals surface area contributed by atoms with Crippen molar-refractivity contribution in [2.24, 2.45) is 0 Å². The van der Waals surface area contributed by atoms with Crippen LogP contribution in [0.4, 0.5) is 0 Å². The summed E-state index contributed by atoms with van der Waals surface area (Å²) in [6.45, 7) is 2.10. The van der Waals surface area contributed by atoms with Gasteiger partial charge in [0.25, 0.3) is 0 Å². The zero-order chi connectivity index (χ0) is 14.2. The Morgan fingerprint density at radius 3 is 2.70 bits per heavy atom. The number of hydrogen-bond donors (Lipinski definition) is 1. The summed E-state index contributed by atoms with van der Waals surface area (Å²) in [7, 11) is -2.79. The van der Waals surface area contributed by atoms with E-state index in [1.807, 2.05) is 18.2 Å². The molecule has 1 fully saturated rings. The van der Waals surface area contributed by atoms with Crippen molar-refractivity contribution in [2.75, 3.05) is 11.5 Å². The zero-order valence-corrected chi connectivity index (χ0v) is 13.0. The standard InChI is InChI=1S/C14H18N2O2S2/c1-10(15-11-6-8-20(17,18)9-7-11)14-16-12-4-2-3-5-13(12)19-14/h2-5,10-11,15H,6-9H2,1H3. The Morgan fingerprint density at radius 1 is 1.30 bits per heavy atom. The van der Waals surface area contributed by atoms with Crippen LogP contribution in [0.15, 0.2) is 24.3 Å². The molecule has 108 valence electrons. The molecule has 1 atom stereocenters. The highest BCUT2D eigenvalue weighted by Crippen LogP contribution is 2.27. The summed E-state index contributed by atoms with van der Waals surface area (Å²) in [5, 5.41) is 4.59. The molecule has 6 heteroatoms. The lowest BCUT2D eigenvalue weighted by Gasteiger charge is -2.25. The third kappa shape index (κ3) is 3.02. The van der Waals surface area contributed by atoms with E-state index in [4.69, 9.17) is 0 Å². The molecule has 1 aromatic heterocycles. The Morgan fingerprint density at radius 2 is 2.00 bits per heavy atom. The second-order valence-electron chi connectivity index (χ2n) is 5.33. The molecule has 0 spiro atoms. The quantitative estimate of drug-likeness (QED) is 0.946. The monoisotopic (exact) mass is 310 g/mol. The van der Waals surface area contributed by atoms with Crippen LogP contribution < -0.4 is 5.32 Å². The summed E-state index contributed by atoms with van der Waals surface area (Å²) in [5.41, 5.74) is 1.03. The van der Waals surface area contributed by atoms with Crippen molar-refractivity contribution < 1.29 is 8.42 Å². The van der Waals surface area contributed by atoms with E-state index in [2.05, 4.69) is 23.3 Å². The number of sulfone groups is 1. The predicted octanol–water partition coefficient (Wildman–Crippen LogP) is 2.52. The van der Waals surface area contributed by atoms with Gasteiger partial charge in [-0.15, -0.1) is 11.3 Å². The lowest BCUT2D eigenvalue weighted by Crippen LogP contribution is -2.38. The van der Waals surface area contributed by atoms with Crippen LogP contribution in [-0.4, -0.2) is 30.9 Å². The molecule has 3 rings (SSSR count). The average molecular weight is 310 g/mol. The number of thiazole rings is 1. The second-order valence-corrected chi connectivity index (χ2v) is 8.70.